The van der Waals surface area contributed by atoms with E-state index in [1.54, 1.807) is 12.3 Å². The largest absolute Gasteiger partial charge is 0.296 e. The van der Waals surface area contributed by atoms with Gasteiger partial charge in [0.25, 0.3) is 5.69 Å². The highest BCUT2D eigenvalue weighted by Crippen LogP contribution is 2.27. The van der Waals surface area contributed by atoms with Crippen molar-refractivity contribution in [2.24, 2.45) is 0 Å². The van der Waals surface area contributed by atoms with E-state index in [-0.39, 0.29) is 10.5 Å². The number of halogens is 2. The summed E-state index contributed by atoms with van der Waals surface area (Å²) in [4.78, 5) is 10.5. The fourth-order valence-corrected chi connectivity index (χ4v) is 1.79. The molecule has 0 N–H and O–H groups in total. The molecule has 1 aromatic heterocycles. The number of alkyl halides is 1. The van der Waals surface area contributed by atoms with Gasteiger partial charge in [0.2, 0.25) is 0 Å². The van der Waals surface area contributed by atoms with Crippen LogP contribution >= 0.6 is 27.5 Å². The molecule has 1 aromatic carbocycles. The van der Waals surface area contributed by atoms with Gasteiger partial charge in [-0.3, -0.25) is 10.1 Å². The minimum absolute atomic E-state index is 0.0256. The van der Waals surface area contributed by atoms with Crippen LogP contribution in [0.3, 0.4) is 0 Å². The fraction of sp³-hybridized carbons (Fsp3) is 0.200. The first kappa shape index (κ1) is 13.0. The molecule has 94 valence electrons. The molecular formula is C10H8BrClN4O2. The summed E-state index contributed by atoms with van der Waals surface area (Å²) in [6.07, 6.45) is 1.63. The molecule has 0 bridgehead atoms. The summed E-state index contributed by atoms with van der Waals surface area (Å²) >= 11 is 9.10. The molecule has 1 atom stereocenters. The number of hydrogen-bond acceptors (Lipinski definition) is 4. The van der Waals surface area contributed by atoms with Crippen LogP contribution < -0.4 is 0 Å². The fourth-order valence-electron chi connectivity index (χ4n) is 1.41. The van der Waals surface area contributed by atoms with Crippen LogP contribution in [0.2, 0.25) is 5.02 Å². The molecule has 1 unspecified atom stereocenters. The molecule has 2 aromatic rings. The van der Waals surface area contributed by atoms with Crippen molar-refractivity contribution in [1.82, 2.24) is 15.0 Å². The number of rotatable bonds is 3. The number of benzene rings is 1. The average molecular weight is 332 g/mol. The lowest BCUT2D eigenvalue weighted by Gasteiger charge is -2.02. The Balaban J connectivity index is 2.52. The molecule has 18 heavy (non-hydrogen) atoms. The summed E-state index contributed by atoms with van der Waals surface area (Å²) in [5.74, 6) is 0. The van der Waals surface area contributed by atoms with Crippen LogP contribution in [0, 0.1) is 10.1 Å². The molecule has 0 saturated carbocycles. The predicted molar refractivity (Wildman–Crippen MR) is 70.4 cm³/mol. The molecule has 0 fully saturated rings. The van der Waals surface area contributed by atoms with E-state index in [1.807, 2.05) is 6.92 Å². The van der Waals surface area contributed by atoms with Crippen LogP contribution in [0.4, 0.5) is 5.69 Å². The van der Waals surface area contributed by atoms with E-state index >= 15 is 0 Å². The topological polar surface area (TPSA) is 73.8 Å². The van der Waals surface area contributed by atoms with Gasteiger partial charge in [-0.15, -0.1) is 5.10 Å². The highest BCUT2D eigenvalue weighted by Gasteiger charge is 2.18. The lowest BCUT2D eigenvalue weighted by atomic mass is 10.2. The third-order valence-corrected chi connectivity index (χ3v) is 3.00. The van der Waals surface area contributed by atoms with Crippen LogP contribution in [0.15, 0.2) is 24.4 Å². The minimum atomic E-state index is -0.500. The molecule has 2 rings (SSSR count). The van der Waals surface area contributed by atoms with E-state index in [4.69, 9.17) is 11.6 Å². The molecule has 0 aliphatic carbocycles. The lowest BCUT2D eigenvalue weighted by Crippen LogP contribution is -2.00. The van der Waals surface area contributed by atoms with E-state index in [9.17, 15) is 10.1 Å². The molecule has 0 aliphatic heterocycles. The van der Waals surface area contributed by atoms with Crippen LogP contribution in [-0.2, 0) is 0 Å². The Morgan fingerprint density at radius 2 is 2.28 bits per heavy atom. The van der Waals surface area contributed by atoms with E-state index in [2.05, 4.69) is 26.2 Å². The van der Waals surface area contributed by atoms with Crippen LogP contribution in [0.5, 0.6) is 0 Å². The summed E-state index contributed by atoms with van der Waals surface area (Å²) in [6, 6.07) is 4.40. The number of nitro groups is 1. The van der Waals surface area contributed by atoms with Gasteiger partial charge in [0.15, 0.2) is 0 Å². The molecule has 6 nitrogen and oxygen atoms in total. The molecule has 1 heterocycles. The third-order valence-electron chi connectivity index (χ3n) is 2.30. The number of hydrogen-bond donors (Lipinski definition) is 0. The summed E-state index contributed by atoms with van der Waals surface area (Å²) in [6.45, 7) is 1.89. The Morgan fingerprint density at radius 1 is 1.56 bits per heavy atom. The van der Waals surface area contributed by atoms with Crippen LogP contribution in [0.25, 0.3) is 5.69 Å². The predicted octanol–water partition coefficient (Wildman–Crippen LogP) is 3.28. The minimum Gasteiger partial charge on any atom is -0.258 e. The van der Waals surface area contributed by atoms with Crippen molar-refractivity contribution < 1.29 is 4.92 Å². The van der Waals surface area contributed by atoms with E-state index in [1.165, 1.54) is 16.8 Å². The van der Waals surface area contributed by atoms with Gasteiger partial charge in [-0.05, 0) is 19.1 Å². The zero-order valence-corrected chi connectivity index (χ0v) is 11.6. The third kappa shape index (κ3) is 2.51. The first-order valence-electron chi connectivity index (χ1n) is 4.99. The standard InChI is InChI=1S/C10H8BrClN4O2/c1-6(11)8-5-15(14-13-8)9-3-2-7(12)4-10(9)16(17)18/h2-6H,1H3. The molecule has 0 aliphatic rings. The zero-order chi connectivity index (χ0) is 13.3. The summed E-state index contributed by atoms with van der Waals surface area (Å²) < 4.78 is 1.36. The van der Waals surface area contributed by atoms with Gasteiger partial charge in [-0.2, -0.15) is 0 Å². The van der Waals surface area contributed by atoms with Crippen molar-refractivity contribution >= 4 is 33.2 Å². The Morgan fingerprint density at radius 3 is 2.83 bits per heavy atom. The Labute approximate surface area is 116 Å². The van der Waals surface area contributed by atoms with Crippen molar-refractivity contribution in [3.05, 3.63) is 45.2 Å². The second-order valence-corrected chi connectivity index (χ2v) is 5.40. The van der Waals surface area contributed by atoms with Gasteiger partial charge < -0.3 is 0 Å². The lowest BCUT2D eigenvalue weighted by molar-refractivity contribution is -0.384. The SMILES string of the molecule is CC(Br)c1cn(-c2ccc(Cl)cc2[N+](=O)[O-])nn1. The van der Waals surface area contributed by atoms with Gasteiger partial charge >= 0.3 is 0 Å². The number of nitrogens with zero attached hydrogens (tertiary/aromatic N) is 4. The Bertz CT molecular complexity index is 599. The van der Waals surface area contributed by atoms with Crippen molar-refractivity contribution in [3.8, 4) is 5.69 Å². The van der Waals surface area contributed by atoms with Gasteiger partial charge in [0.1, 0.15) is 5.69 Å². The molecule has 0 saturated heterocycles. The second kappa shape index (κ2) is 5.03. The van der Waals surface area contributed by atoms with Crippen molar-refractivity contribution in [2.45, 2.75) is 11.8 Å². The van der Waals surface area contributed by atoms with Gasteiger partial charge in [0.05, 0.1) is 21.6 Å². The average Bonchev–Trinajstić information content (AvgIpc) is 2.78. The van der Waals surface area contributed by atoms with Crippen LogP contribution in [-0.4, -0.2) is 19.9 Å². The van der Waals surface area contributed by atoms with Gasteiger partial charge in [-0.1, -0.05) is 32.7 Å². The highest BCUT2D eigenvalue weighted by atomic mass is 79.9. The molecule has 0 spiro atoms. The van der Waals surface area contributed by atoms with Crippen molar-refractivity contribution in [1.29, 1.82) is 0 Å². The van der Waals surface area contributed by atoms with Gasteiger partial charge in [0, 0.05) is 11.1 Å². The monoisotopic (exact) mass is 330 g/mol. The first-order valence-corrected chi connectivity index (χ1v) is 6.29. The maximum absolute atomic E-state index is 11.0. The van der Waals surface area contributed by atoms with E-state index in [0.717, 1.165) is 0 Å². The maximum Gasteiger partial charge on any atom is 0.296 e. The van der Waals surface area contributed by atoms with Crippen LogP contribution in [0.1, 0.15) is 17.4 Å². The summed E-state index contributed by atoms with van der Waals surface area (Å²) in [5.41, 5.74) is 0.914. The number of aromatic nitrogens is 3. The van der Waals surface area contributed by atoms with Crippen molar-refractivity contribution in [2.75, 3.05) is 0 Å². The smallest absolute Gasteiger partial charge is 0.258 e. The Kier molecular flexibility index (Phi) is 3.63. The Hall–Kier alpha value is -1.47. The first-order chi connectivity index (χ1) is 8.49. The van der Waals surface area contributed by atoms with E-state index < -0.39 is 4.92 Å². The normalized spacial score (nSPS) is 12.4. The second-order valence-electron chi connectivity index (χ2n) is 3.59. The number of nitro benzene ring substituents is 1. The quantitative estimate of drug-likeness (QED) is 0.491. The van der Waals surface area contributed by atoms with E-state index in [0.29, 0.717) is 16.4 Å². The van der Waals surface area contributed by atoms with Crippen molar-refractivity contribution in [3.63, 3.8) is 0 Å². The molecule has 8 heteroatoms. The summed E-state index contributed by atoms with van der Waals surface area (Å²) in [7, 11) is 0. The molecule has 0 amide bonds. The maximum atomic E-state index is 11.0. The molecule has 0 radical (unpaired) electrons. The highest BCUT2D eigenvalue weighted by molar-refractivity contribution is 9.09. The van der Waals surface area contributed by atoms with Gasteiger partial charge in [-0.25, -0.2) is 4.68 Å². The zero-order valence-electron chi connectivity index (χ0n) is 9.25. The summed E-state index contributed by atoms with van der Waals surface area (Å²) in [5, 5.41) is 19.1. The molecular weight excluding hydrogens is 323 g/mol.